The largest absolute Gasteiger partial charge is 0.494 e. The molecule has 1 fully saturated rings. The number of aromatic nitrogens is 1. The van der Waals surface area contributed by atoms with Gasteiger partial charge in [0, 0.05) is 17.0 Å². The first kappa shape index (κ1) is 23.2. The number of benzene rings is 2. The van der Waals surface area contributed by atoms with Crippen molar-refractivity contribution in [1.82, 2.24) is 4.57 Å². The number of rotatable bonds is 7. The van der Waals surface area contributed by atoms with E-state index in [1.807, 2.05) is 36.4 Å². The molecule has 0 atom stereocenters. The second-order valence-electron chi connectivity index (χ2n) is 8.12. The predicted molar refractivity (Wildman–Crippen MR) is 132 cm³/mol. The van der Waals surface area contributed by atoms with E-state index >= 15 is 0 Å². The van der Waals surface area contributed by atoms with Crippen molar-refractivity contribution in [2.75, 3.05) is 28.4 Å². The van der Waals surface area contributed by atoms with E-state index in [9.17, 15) is 0 Å². The number of hydrogen-bond acceptors (Lipinski definition) is 6. The van der Waals surface area contributed by atoms with E-state index in [-0.39, 0.29) is 0 Å². The minimum Gasteiger partial charge on any atom is -0.494 e. The topological polar surface area (TPSA) is 54.2 Å². The van der Waals surface area contributed by atoms with Gasteiger partial charge in [0.25, 0.3) is 0 Å². The summed E-state index contributed by atoms with van der Waals surface area (Å²) in [4.78, 5) is 6.02. The number of para-hydroxylation sites is 2. The number of hydrogen-bond donors (Lipinski definition) is 0. The van der Waals surface area contributed by atoms with Gasteiger partial charge in [0.05, 0.1) is 34.1 Å². The summed E-state index contributed by atoms with van der Waals surface area (Å²) < 4.78 is 24.8. The van der Waals surface area contributed by atoms with Gasteiger partial charge in [-0.15, -0.1) is 11.3 Å². The Morgan fingerprint density at radius 1 is 0.818 bits per heavy atom. The number of thiazole rings is 1. The summed E-state index contributed by atoms with van der Waals surface area (Å²) >= 11 is 1.65. The molecule has 1 aliphatic carbocycles. The van der Waals surface area contributed by atoms with Gasteiger partial charge in [0.15, 0.2) is 16.3 Å². The van der Waals surface area contributed by atoms with E-state index in [0.29, 0.717) is 23.3 Å². The summed E-state index contributed by atoms with van der Waals surface area (Å²) in [5.41, 5.74) is 2.96. The minimum atomic E-state index is 0.390. The highest BCUT2D eigenvalue weighted by Gasteiger charge is 2.22. The molecular weight excluding hydrogens is 436 g/mol. The van der Waals surface area contributed by atoms with Crippen LogP contribution >= 0.6 is 11.3 Å². The summed E-state index contributed by atoms with van der Waals surface area (Å²) in [7, 11) is 6.61. The predicted octanol–water partition coefficient (Wildman–Crippen LogP) is 6.38. The molecule has 4 rings (SSSR count). The van der Waals surface area contributed by atoms with Gasteiger partial charge in [-0.1, -0.05) is 37.8 Å². The molecule has 0 unspecified atom stereocenters. The quantitative estimate of drug-likeness (QED) is 0.378. The van der Waals surface area contributed by atoms with Gasteiger partial charge in [-0.3, -0.25) is 0 Å². The second kappa shape index (κ2) is 10.8. The Bertz CT molecular complexity index is 1120. The Balaban J connectivity index is 1.92. The van der Waals surface area contributed by atoms with E-state index < -0.39 is 0 Å². The highest BCUT2D eigenvalue weighted by molar-refractivity contribution is 7.07. The van der Waals surface area contributed by atoms with Crippen molar-refractivity contribution in [1.29, 1.82) is 0 Å². The van der Waals surface area contributed by atoms with Crippen LogP contribution in [0.15, 0.2) is 46.8 Å². The first-order valence-corrected chi connectivity index (χ1v) is 12.3. The molecule has 0 aliphatic heterocycles. The Morgan fingerprint density at radius 3 is 2.06 bits per heavy atom. The monoisotopic (exact) mass is 468 g/mol. The molecule has 0 amide bonds. The zero-order chi connectivity index (χ0) is 23.2. The van der Waals surface area contributed by atoms with Gasteiger partial charge < -0.3 is 23.5 Å². The van der Waals surface area contributed by atoms with Crippen molar-refractivity contribution in [3.63, 3.8) is 0 Å². The van der Waals surface area contributed by atoms with E-state index in [2.05, 4.69) is 9.95 Å². The maximum Gasteiger partial charge on any atom is 0.203 e. The Hall–Kier alpha value is -2.93. The second-order valence-corrected chi connectivity index (χ2v) is 8.95. The molecule has 3 aromatic rings. The van der Waals surface area contributed by atoms with Crippen LogP contribution in [0, 0.1) is 0 Å². The van der Waals surface area contributed by atoms with E-state index in [1.54, 1.807) is 39.8 Å². The van der Waals surface area contributed by atoms with Crippen LogP contribution in [-0.2, 0) is 0 Å². The first-order chi connectivity index (χ1) is 16.2. The van der Waals surface area contributed by atoms with Crippen LogP contribution < -0.4 is 23.7 Å². The van der Waals surface area contributed by atoms with Gasteiger partial charge in [0.1, 0.15) is 11.4 Å². The van der Waals surface area contributed by atoms with Crippen LogP contribution in [0.25, 0.3) is 11.3 Å². The molecule has 6 nitrogen and oxygen atoms in total. The first-order valence-electron chi connectivity index (χ1n) is 11.4. The highest BCUT2D eigenvalue weighted by Crippen LogP contribution is 2.42. The highest BCUT2D eigenvalue weighted by atomic mass is 32.1. The van der Waals surface area contributed by atoms with Crippen LogP contribution in [0.3, 0.4) is 0 Å². The Labute approximate surface area is 199 Å². The molecule has 7 heteroatoms. The standard InChI is InChI=1S/C26H32N2O4S/c1-29-22-14-10-9-13-20(22)27-26-28(19-11-7-5-6-8-12-19)21(17-33-26)18-15-23(30-2)25(32-4)24(16-18)31-3/h9-10,13-17,19H,5-8,11-12H2,1-4H3. The molecule has 176 valence electrons. The number of nitrogens with zero attached hydrogens (tertiary/aromatic N) is 2. The molecule has 2 aromatic carbocycles. The van der Waals surface area contributed by atoms with Gasteiger partial charge in [-0.2, -0.15) is 0 Å². The third-order valence-electron chi connectivity index (χ3n) is 6.19. The number of methoxy groups -OCH3 is 4. The van der Waals surface area contributed by atoms with Crippen LogP contribution in [0.1, 0.15) is 44.6 Å². The Kier molecular flexibility index (Phi) is 7.60. The van der Waals surface area contributed by atoms with Gasteiger partial charge in [0.2, 0.25) is 5.75 Å². The van der Waals surface area contributed by atoms with Crippen molar-refractivity contribution in [2.24, 2.45) is 4.99 Å². The zero-order valence-electron chi connectivity index (χ0n) is 19.8. The average Bonchev–Trinajstić information content (AvgIpc) is 3.08. The molecule has 0 spiro atoms. The van der Waals surface area contributed by atoms with Crippen molar-refractivity contribution in [3.8, 4) is 34.3 Å². The average molecular weight is 469 g/mol. The van der Waals surface area contributed by atoms with Crippen LogP contribution in [0.5, 0.6) is 23.0 Å². The Morgan fingerprint density at radius 2 is 1.45 bits per heavy atom. The molecule has 0 N–H and O–H groups in total. The van der Waals surface area contributed by atoms with Crippen LogP contribution in [-0.4, -0.2) is 33.0 Å². The molecule has 0 bridgehead atoms. The van der Waals surface area contributed by atoms with Crippen molar-refractivity contribution in [3.05, 3.63) is 46.6 Å². The van der Waals surface area contributed by atoms with Gasteiger partial charge in [-0.05, 0) is 37.1 Å². The summed E-state index contributed by atoms with van der Waals surface area (Å²) in [6, 6.07) is 12.3. The minimum absolute atomic E-state index is 0.390. The van der Waals surface area contributed by atoms with E-state index in [4.69, 9.17) is 23.9 Å². The summed E-state index contributed by atoms with van der Waals surface area (Å²) in [5.74, 6) is 2.66. The lowest BCUT2D eigenvalue weighted by molar-refractivity contribution is 0.324. The van der Waals surface area contributed by atoms with E-state index in [0.717, 1.165) is 40.3 Å². The van der Waals surface area contributed by atoms with Gasteiger partial charge in [-0.25, -0.2) is 4.99 Å². The third kappa shape index (κ3) is 4.88. The maximum absolute atomic E-state index is 5.63. The number of ether oxygens (including phenoxy) is 4. The molecule has 1 aromatic heterocycles. The van der Waals surface area contributed by atoms with Crippen LogP contribution in [0.2, 0.25) is 0 Å². The lowest BCUT2D eigenvalue weighted by Crippen LogP contribution is -2.21. The normalized spacial score (nSPS) is 15.2. The summed E-state index contributed by atoms with van der Waals surface area (Å²) in [6.07, 6.45) is 7.34. The third-order valence-corrected chi connectivity index (χ3v) is 7.03. The van der Waals surface area contributed by atoms with E-state index in [1.165, 1.54) is 25.7 Å². The fourth-order valence-electron chi connectivity index (χ4n) is 4.54. The van der Waals surface area contributed by atoms with Gasteiger partial charge >= 0.3 is 0 Å². The smallest absolute Gasteiger partial charge is 0.203 e. The fourth-order valence-corrected chi connectivity index (χ4v) is 5.51. The summed E-state index contributed by atoms with van der Waals surface area (Å²) in [6.45, 7) is 0. The molecular formula is C26H32N2O4S. The van der Waals surface area contributed by atoms with Crippen molar-refractivity contribution in [2.45, 2.75) is 44.6 Å². The summed E-state index contributed by atoms with van der Waals surface area (Å²) in [5, 5.41) is 2.18. The SMILES string of the molecule is COc1ccccc1N=c1scc(-c2cc(OC)c(OC)c(OC)c2)n1C1CCCCCC1. The molecule has 0 radical (unpaired) electrons. The zero-order valence-corrected chi connectivity index (χ0v) is 20.6. The van der Waals surface area contributed by atoms with Crippen molar-refractivity contribution < 1.29 is 18.9 Å². The molecule has 1 saturated carbocycles. The molecule has 33 heavy (non-hydrogen) atoms. The van der Waals surface area contributed by atoms with Crippen molar-refractivity contribution >= 4 is 17.0 Å². The lowest BCUT2D eigenvalue weighted by atomic mass is 10.1. The molecule has 0 saturated heterocycles. The molecule has 1 heterocycles. The molecule has 1 aliphatic rings. The lowest BCUT2D eigenvalue weighted by Gasteiger charge is -2.21. The van der Waals surface area contributed by atoms with Crippen LogP contribution in [0.4, 0.5) is 5.69 Å². The fraction of sp³-hybridized carbons (Fsp3) is 0.423. The maximum atomic E-state index is 5.63.